The van der Waals surface area contributed by atoms with Crippen molar-refractivity contribution < 1.29 is 0 Å². The number of anilines is 1. The van der Waals surface area contributed by atoms with Gasteiger partial charge < -0.3 is 21.3 Å². The fourth-order valence-electron chi connectivity index (χ4n) is 4.71. The summed E-state index contributed by atoms with van der Waals surface area (Å²) in [6.45, 7) is 13.2. The van der Waals surface area contributed by atoms with Crippen molar-refractivity contribution in [1.82, 2.24) is 30.0 Å². The zero-order chi connectivity index (χ0) is 25.4. The monoisotopic (exact) mass is 502 g/mol. The molecule has 0 saturated carbocycles. The van der Waals surface area contributed by atoms with Gasteiger partial charge in [0.25, 0.3) is 0 Å². The molecule has 5 rings (SSSR count). The average Bonchev–Trinajstić information content (AvgIpc) is 3.26. The molecular weight excluding hydrogens is 472 g/mol. The van der Waals surface area contributed by atoms with Gasteiger partial charge in [-0.1, -0.05) is 50.2 Å². The minimum absolute atomic E-state index is 0.165. The van der Waals surface area contributed by atoms with Gasteiger partial charge in [-0.2, -0.15) is 5.10 Å². The summed E-state index contributed by atoms with van der Waals surface area (Å²) in [6.07, 6.45) is 4.88. The summed E-state index contributed by atoms with van der Waals surface area (Å²) in [6, 6.07) is 9.79. The van der Waals surface area contributed by atoms with E-state index in [9.17, 15) is 0 Å². The Kier molecular flexibility index (Phi) is 6.55. The van der Waals surface area contributed by atoms with Crippen LogP contribution >= 0.6 is 11.6 Å². The highest BCUT2D eigenvalue weighted by atomic mass is 35.5. The summed E-state index contributed by atoms with van der Waals surface area (Å²) < 4.78 is 0. The summed E-state index contributed by atoms with van der Waals surface area (Å²) in [7, 11) is 0. The highest BCUT2D eigenvalue weighted by molar-refractivity contribution is 6.35. The Bertz CT molecular complexity index is 1460. The van der Waals surface area contributed by atoms with Gasteiger partial charge in [-0.25, -0.2) is 9.97 Å². The van der Waals surface area contributed by atoms with Gasteiger partial charge in [-0.05, 0) is 36.6 Å². The molecule has 4 aromatic rings. The SMILES string of the molecule is C=C(CCCC)N1CCN(C(=C)c2ccc3c(Cl)cc(-c4cnc5n[nH]c(N)c5c4)nc3c2)C(N)C1. The maximum absolute atomic E-state index is 6.66. The Labute approximate surface area is 215 Å². The molecule has 1 saturated heterocycles. The van der Waals surface area contributed by atoms with Crippen LogP contribution in [0.25, 0.3) is 38.9 Å². The van der Waals surface area contributed by atoms with E-state index in [2.05, 4.69) is 45.1 Å². The molecule has 1 fully saturated rings. The van der Waals surface area contributed by atoms with Crippen molar-refractivity contribution in [3.8, 4) is 11.3 Å². The molecule has 0 bridgehead atoms. The number of piperazine rings is 1. The lowest BCUT2D eigenvalue weighted by Gasteiger charge is -2.43. The van der Waals surface area contributed by atoms with Crippen LogP contribution < -0.4 is 11.5 Å². The molecule has 1 aliphatic heterocycles. The topological polar surface area (TPSA) is 113 Å². The van der Waals surface area contributed by atoms with E-state index >= 15 is 0 Å². The standard InChI is InChI=1S/C27H31ClN8/c1-4-5-6-16(2)35-9-10-36(25(29)15-35)17(3)18-7-8-20-22(28)13-23(32-24(20)12-18)19-11-21-26(30)33-34-27(21)31-14-19/h7-8,11-14,25H,2-6,9-10,15,29H2,1H3,(H3,30,31,33,34). The van der Waals surface area contributed by atoms with Crippen LogP contribution in [-0.2, 0) is 0 Å². The first-order valence-electron chi connectivity index (χ1n) is 12.2. The molecular formula is C27H31ClN8. The summed E-state index contributed by atoms with van der Waals surface area (Å²) in [5.74, 6) is 0.468. The number of nitrogens with two attached hydrogens (primary N) is 2. The number of hydrogen-bond donors (Lipinski definition) is 3. The maximum Gasteiger partial charge on any atom is 0.183 e. The Morgan fingerprint density at radius 3 is 2.81 bits per heavy atom. The number of halogens is 1. The van der Waals surface area contributed by atoms with Crippen LogP contribution in [0, 0.1) is 0 Å². The number of aromatic nitrogens is 4. The Hall–Kier alpha value is -3.62. The van der Waals surface area contributed by atoms with Gasteiger partial charge in [0.05, 0.1) is 34.3 Å². The van der Waals surface area contributed by atoms with Gasteiger partial charge in [-0.15, -0.1) is 0 Å². The lowest BCUT2D eigenvalue weighted by atomic mass is 10.1. The van der Waals surface area contributed by atoms with Crippen molar-refractivity contribution in [2.75, 3.05) is 25.4 Å². The Balaban J connectivity index is 1.41. The fraction of sp³-hybridized carbons (Fsp3) is 0.296. The minimum atomic E-state index is -0.165. The molecule has 0 spiro atoms. The van der Waals surface area contributed by atoms with Gasteiger partial charge >= 0.3 is 0 Å². The van der Waals surface area contributed by atoms with E-state index in [4.69, 9.17) is 28.1 Å². The van der Waals surface area contributed by atoms with Crippen molar-refractivity contribution in [3.05, 3.63) is 66.0 Å². The number of benzene rings is 1. The van der Waals surface area contributed by atoms with Gasteiger partial charge in [0.15, 0.2) is 5.65 Å². The molecule has 1 aromatic carbocycles. The molecule has 0 aliphatic carbocycles. The predicted molar refractivity (Wildman–Crippen MR) is 148 cm³/mol. The third kappa shape index (κ3) is 4.50. The summed E-state index contributed by atoms with van der Waals surface area (Å²) in [5, 5.41) is 9.08. The molecule has 9 heteroatoms. The van der Waals surface area contributed by atoms with Crippen LogP contribution in [0.4, 0.5) is 5.82 Å². The molecule has 0 radical (unpaired) electrons. The van der Waals surface area contributed by atoms with E-state index in [0.29, 0.717) is 22.2 Å². The maximum atomic E-state index is 6.66. The lowest BCUT2D eigenvalue weighted by Crippen LogP contribution is -2.55. The average molecular weight is 503 g/mol. The first-order chi connectivity index (χ1) is 17.4. The molecule has 3 aromatic heterocycles. The minimum Gasteiger partial charge on any atom is -0.384 e. The molecule has 1 unspecified atom stereocenters. The highest BCUT2D eigenvalue weighted by Gasteiger charge is 2.26. The van der Waals surface area contributed by atoms with E-state index in [1.54, 1.807) is 6.20 Å². The highest BCUT2D eigenvalue weighted by Crippen LogP contribution is 2.32. The summed E-state index contributed by atoms with van der Waals surface area (Å²) in [4.78, 5) is 13.7. The molecule has 1 aliphatic rings. The van der Waals surface area contributed by atoms with Gasteiger partial charge in [0, 0.05) is 41.6 Å². The number of fused-ring (bicyclic) bond motifs is 2. The van der Waals surface area contributed by atoms with Crippen molar-refractivity contribution in [2.45, 2.75) is 32.4 Å². The van der Waals surface area contributed by atoms with E-state index in [1.165, 1.54) is 5.70 Å². The number of unbranched alkanes of at least 4 members (excludes halogenated alkanes) is 1. The second kappa shape index (κ2) is 9.79. The molecule has 0 amide bonds. The lowest BCUT2D eigenvalue weighted by molar-refractivity contribution is 0.148. The number of nitrogens with one attached hydrogen (secondary N) is 1. The Morgan fingerprint density at radius 2 is 2.03 bits per heavy atom. The van der Waals surface area contributed by atoms with Crippen LogP contribution in [0.2, 0.25) is 5.02 Å². The zero-order valence-electron chi connectivity index (χ0n) is 20.5. The second-order valence-corrected chi connectivity index (χ2v) is 9.68. The quantitative estimate of drug-likeness (QED) is 0.326. The van der Waals surface area contributed by atoms with Crippen molar-refractivity contribution >= 4 is 45.1 Å². The van der Waals surface area contributed by atoms with Gasteiger partial charge in [0.1, 0.15) is 5.82 Å². The van der Waals surface area contributed by atoms with Gasteiger partial charge in [-0.3, -0.25) is 5.10 Å². The number of hydrogen-bond acceptors (Lipinski definition) is 7. The first kappa shape index (κ1) is 24.1. The number of rotatable bonds is 7. The smallest absolute Gasteiger partial charge is 0.183 e. The molecule has 5 N–H and O–H groups in total. The largest absolute Gasteiger partial charge is 0.384 e. The fourth-order valence-corrected chi connectivity index (χ4v) is 4.97. The second-order valence-electron chi connectivity index (χ2n) is 9.28. The predicted octanol–water partition coefficient (Wildman–Crippen LogP) is 4.99. The number of nitrogens with zero attached hydrogens (tertiary/aromatic N) is 5. The molecule has 1 atom stereocenters. The molecule has 186 valence electrons. The first-order valence-corrected chi connectivity index (χ1v) is 12.6. The zero-order valence-corrected chi connectivity index (χ0v) is 21.2. The third-order valence-electron chi connectivity index (χ3n) is 6.86. The number of aromatic amines is 1. The van der Waals surface area contributed by atoms with Crippen LogP contribution in [0.15, 0.2) is 55.4 Å². The number of nitrogen functional groups attached to an aromatic ring is 1. The van der Waals surface area contributed by atoms with Crippen molar-refractivity contribution in [2.24, 2.45) is 5.73 Å². The van der Waals surface area contributed by atoms with Crippen LogP contribution in [0.3, 0.4) is 0 Å². The number of allylic oxidation sites excluding steroid dienone is 1. The molecule has 8 nitrogen and oxygen atoms in total. The molecule has 36 heavy (non-hydrogen) atoms. The van der Waals surface area contributed by atoms with Crippen LogP contribution in [0.1, 0.15) is 31.7 Å². The number of pyridine rings is 2. The van der Waals surface area contributed by atoms with E-state index in [1.807, 2.05) is 30.3 Å². The molecule has 4 heterocycles. The van der Waals surface area contributed by atoms with E-state index in [0.717, 1.165) is 72.0 Å². The summed E-state index contributed by atoms with van der Waals surface area (Å²) >= 11 is 6.66. The van der Waals surface area contributed by atoms with Crippen LogP contribution in [0.5, 0.6) is 0 Å². The van der Waals surface area contributed by atoms with Crippen molar-refractivity contribution in [3.63, 3.8) is 0 Å². The van der Waals surface area contributed by atoms with Crippen molar-refractivity contribution in [1.29, 1.82) is 0 Å². The van der Waals surface area contributed by atoms with Crippen LogP contribution in [-0.4, -0.2) is 55.8 Å². The van der Waals surface area contributed by atoms with E-state index in [-0.39, 0.29) is 6.17 Å². The Morgan fingerprint density at radius 1 is 1.19 bits per heavy atom. The normalized spacial score (nSPS) is 16.1. The third-order valence-corrected chi connectivity index (χ3v) is 7.17. The number of H-pyrrole nitrogens is 1. The van der Waals surface area contributed by atoms with Gasteiger partial charge in [0.2, 0.25) is 0 Å². The van der Waals surface area contributed by atoms with E-state index < -0.39 is 0 Å². The summed E-state index contributed by atoms with van der Waals surface area (Å²) in [5.41, 5.74) is 18.4.